The second-order valence-electron chi connectivity index (χ2n) is 4.41. The summed E-state index contributed by atoms with van der Waals surface area (Å²) < 4.78 is 27.1. The summed E-state index contributed by atoms with van der Waals surface area (Å²) in [5, 5.41) is 11.8. The van der Waals surface area contributed by atoms with Crippen LogP contribution in [0.15, 0.2) is 28.5 Å². The van der Waals surface area contributed by atoms with Crippen molar-refractivity contribution in [1.29, 1.82) is 0 Å². The number of aromatic nitrogens is 1. The van der Waals surface area contributed by atoms with Gasteiger partial charge in [-0.25, -0.2) is 18.1 Å². The van der Waals surface area contributed by atoms with Crippen LogP contribution in [-0.4, -0.2) is 18.5 Å². The number of thiazole rings is 1. The van der Waals surface area contributed by atoms with Crippen LogP contribution in [0.5, 0.6) is 0 Å². The molecule has 2 rings (SSSR count). The third-order valence-electron chi connectivity index (χ3n) is 2.94. The monoisotopic (exact) mass is 312 g/mol. The average molecular weight is 312 g/mol. The smallest absolute Gasteiger partial charge is 0.241 e. The van der Waals surface area contributed by atoms with E-state index in [1.165, 1.54) is 17.4 Å². The van der Waals surface area contributed by atoms with Crippen molar-refractivity contribution in [1.82, 2.24) is 9.71 Å². The lowest BCUT2D eigenvalue weighted by Gasteiger charge is -2.11. The highest BCUT2D eigenvalue weighted by Gasteiger charge is 2.18. The van der Waals surface area contributed by atoms with Gasteiger partial charge in [-0.3, -0.25) is 0 Å². The molecule has 0 amide bonds. The molecule has 0 fully saturated rings. The first kappa shape index (κ1) is 15.1. The summed E-state index contributed by atoms with van der Waals surface area (Å²) >= 11 is 1.42. The largest absolute Gasteiger partial charge is 0.392 e. The Hall–Kier alpha value is -1.28. The van der Waals surface area contributed by atoms with E-state index < -0.39 is 10.0 Å². The molecular formula is C13H16N2O3S2. The molecule has 0 aliphatic carbocycles. The predicted octanol–water partition coefficient (Wildman–Crippen LogP) is 1.73. The summed E-state index contributed by atoms with van der Waals surface area (Å²) in [7, 11) is -3.61. The SMILES string of the molecule is Cc1csc(CNS(=O)(=O)c2cccc(CO)c2C)n1. The molecule has 1 heterocycles. The van der Waals surface area contributed by atoms with Crippen LogP contribution >= 0.6 is 11.3 Å². The Morgan fingerprint density at radius 3 is 2.70 bits per heavy atom. The van der Waals surface area contributed by atoms with Gasteiger partial charge in [-0.2, -0.15) is 0 Å². The Morgan fingerprint density at radius 2 is 2.10 bits per heavy atom. The van der Waals surface area contributed by atoms with Gasteiger partial charge in [-0.15, -0.1) is 11.3 Å². The first-order valence-corrected chi connectivity index (χ1v) is 8.40. The van der Waals surface area contributed by atoms with Crippen molar-refractivity contribution in [2.75, 3.05) is 0 Å². The van der Waals surface area contributed by atoms with Gasteiger partial charge < -0.3 is 5.11 Å². The molecule has 0 spiro atoms. The summed E-state index contributed by atoms with van der Waals surface area (Å²) in [6.45, 7) is 3.54. The Bertz CT molecular complexity index is 708. The molecule has 0 aliphatic heterocycles. The molecule has 20 heavy (non-hydrogen) atoms. The lowest BCUT2D eigenvalue weighted by molar-refractivity contribution is 0.280. The van der Waals surface area contributed by atoms with E-state index in [-0.39, 0.29) is 18.0 Å². The quantitative estimate of drug-likeness (QED) is 0.881. The van der Waals surface area contributed by atoms with Crippen molar-refractivity contribution in [2.45, 2.75) is 31.9 Å². The molecule has 108 valence electrons. The van der Waals surface area contributed by atoms with Gasteiger partial charge in [0.2, 0.25) is 10.0 Å². The predicted molar refractivity (Wildman–Crippen MR) is 78.0 cm³/mol. The Kier molecular flexibility index (Phi) is 4.54. The van der Waals surface area contributed by atoms with Crippen LogP contribution in [0, 0.1) is 13.8 Å². The van der Waals surface area contributed by atoms with E-state index in [9.17, 15) is 13.5 Å². The zero-order chi connectivity index (χ0) is 14.8. The van der Waals surface area contributed by atoms with Crippen LogP contribution in [0.2, 0.25) is 0 Å². The number of nitrogens with one attached hydrogen (secondary N) is 1. The highest BCUT2D eigenvalue weighted by molar-refractivity contribution is 7.89. The Balaban J connectivity index is 2.22. The lowest BCUT2D eigenvalue weighted by Crippen LogP contribution is -2.24. The van der Waals surface area contributed by atoms with E-state index in [0.29, 0.717) is 11.1 Å². The number of aryl methyl sites for hydroxylation is 1. The Labute approximate surface area is 122 Å². The third-order valence-corrected chi connectivity index (χ3v) is 5.45. The van der Waals surface area contributed by atoms with Crippen LogP contribution in [0.25, 0.3) is 0 Å². The molecule has 2 aromatic rings. The second kappa shape index (κ2) is 6.01. The van der Waals surface area contributed by atoms with Crippen molar-refractivity contribution in [2.24, 2.45) is 0 Å². The zero-order valence-electron chi connectivity index (χ0n) is 11.3. The minimum Gasteiger partial charge on any atom is -0.392 e. The lowest BCUT2D eigenvalue weighted by atomic mass is 10.1. The van der Waals surface area contributed by atoms with Crippen molar-refractivity contribution < 1.29 is 13.5 Å². The van der Waals surface area contributed by atoms with Gasteiger partial charge in [0.1, 0.15) is 5.01 Å². The molecule has 0 saturated heterocycles. The van der Waals surface area contributed by atoms with E-state index >= 15 is 0 Å². The molecule has 0 bridgehead atoms. The number of aliphatic hydroxyl groups excluding tert-OH is 1. The fourth-order valence-electron chi connectivity index (χ4n) is 1.84. The fourth-order valence-corrected chi connectivity index (χ4v) is 3.92. The van der Waals surface area contributed by atoms with E-state index in [4.69, 9.17) is 0 Å². The maximum atomic E-state index is 12.3. The van der Waals surface area contributed by atoms with Crippen LogP contribution in [0.1, 0.15) is 21.8 Å². The molecule has 7 heteroatoms. The normalized spacial score (nSPS) is 11.8. The molecule has 2 N–H and O–H groups in total. The van der Waals surface area contributed by atoms with Gasteiger partial charge in [0, 0.05) is 11.1 Å². The molecule has 5 nitrogen and oxygen atoms in total. The number of benzene rings is 1. The van der Waals surface area contributed by atoms with Crippen molar-refractivity contribution in [3.05, 3.63) is 45.4 Å². The highest BCUT2D eigenvalue weighted by atomic mass is 32.2. The molecular weight excluding hydrogens is 296 g/mol. The van der Waals surface area contributed by atoms with Crippen molar-refractivity contribution in [3.8, 4) is 0 Å². The van der Waals surface area contributed by atoms with E-state index in [2.05, 4.69) is 9.71 Å². The highest BCUT2D eigenvalue weighted by Crippen LogP contribution is 2.19. The van der Waals surface area contributed by atoms with Crippen LogP contribution in [0.3, 0.4) is 0 Å². The van der Waals surface area contributed by atoms with E-state index in [0.717, 1.165) is 10.7 Å². The number of rotatable bonds is 5. The number of aliphatic hydroxyl groups is 1. The first-order valence-electron chi connectivity index (χ1n) is 6.04. The van der Waals surface area contributed by atoms with Crippen LogP contribution < -0.4 is 4.72 Å². The minimum absolute atomic E-state index is 0.170. The average Bonchev–Trinajstić information content (AvgIpc) is 2.82. The molecule has 0 saturated carbocycles. The fraction of sp³-hybridized carbons (Fsp3) is 0.308. The summed E-state index contributed by atoms with van der Waals surface area (Å²) in [5.74, 6) is 0. The maximum Gasteiger partial charge on any atom is 0.241 e. The van der Waals surface area contributed by atoms with E-state index in [1.807, 2.05) is 12.3 Å². The summed E-state index contributed by atoms with van der Waals surface area (Å²) in [6, 6.07) is 4.86. The minimum atomic E-state index is -3.61. The second-order valence-corrected chi connectivity index (χ2v) is 7.08. The number of nitrogens with zero attached hydrogens (tertiary/aromatic N) is 1. The topological polar surface area (TPSA) is 79.3 Å². The molecule has 0 radical (unpaired) electrons. The third kappa shape index (κ3) is 3.24. The molecule has 0 atom stereocenters. The molecule has 1 aromatic carbocycles. The van der Waals surface area contributed by atoms with Gasteiger partial charge in [0.05, 0.1) is 18.0 Å². The van der Waals surface area contributed by atoms with Crippen molar-refractivity contribution >= 4 is 21.4 Å². The van der Waals surface area contributed by atoms with Gasteiger partial charge >= 0.3 is 0 Å². The van der Waals surface area contributed by atoms with Gasteiger partial charge in [-0.1, -0.05) is 12.1 Å². The van der Waals surface area contributed by atoms with Gasteiger partial charge in [0.15, 0.2) is 0 Å². The molecule has 0 unspecified atom stereocenters. The Morgan fingerprint density at radius 1 is 1.35 bits per heavy atom. The number of hydrogen-bond acceptors (Lipinski definition) is 5. The van der Waals surface area contributed by atoms with Gasteiger partial charge in [0.25, 0.3) is 0 Å². The van der Waals surface area contributed by atoms with Crippen LogP contribution in [0.4, 0.5) is 0 Å². The maximum absolute atomic E-state index is 12.3. The standard InChI is InChI=1S/C13H16N2O3S2/c1-9-8-19-13(15-9)6-14-20(17,18)12-5-3-4-11(7-16)10(12)2/h3-5,8,14,16H,6-7H2,1-2H3. The summed E-state index contributed by atoms with van der Waals surface area (Å²) in [5.41, 5.74) is 2.05. The molecule has 0 aliphatic rings. The van der Waals surface area contributed by atoms with E-state index in [1.54, 1.807) is 19.1 Å². The molecule has 1 aromatic heterocycles. The van der Waals surface area contributed by atoms with Gasteiger partial charge in [-0.05, 0) is 31.0 Å². The summed E-state index contributed by atoms with van der Waals surface area (Å²) in [4.78, 5) is 4.41. The first-order chi connectivity index (χ1) is 9.44. The zero-order valence-corrected chi connectivity index (χ0v) is 12.9. The number of hydrogen-bond donors (Lipinski definition) is 2. The number of sulfonamides is 1. The van der Waals surface area contributed by atoms with Crippen molar-refractivity contribution in [3.63, 3.8) is 0 Å². The summed E-state index contributed by atoms with van der Waals surface area (Å²) in [6.07, 6.45) is 0. The van der Waals surface area contributed by atoms with Crippen LogP contribution in [-0.2, 0) is 23.2 Å².